The Balaban J connectivity index is 1.64. The number of hydrogen-bond donors (Lipinski definition) is 2. The number of thiophene rings is 1. The number of piperazine rings is 1. The Morgan fingerprint density at radius 1 is 1.11 bits per heavy atom. The minimum atomic E-state index is -3.24. The van der Waals surface area contributed by atoms with Crippen LogP contribution in [0.2, 0.25) is 0 Å². The summed E-state index contributed by atoms with van der Waals surface area (Å²) in [5, 5.41) is 13.0. The number of nitrogens with zero attached hydrogens (tertiary/aromatic N) is 7. The summed E-state index contributed by atoms with van der Waals surface area (Å²) < 4.78 is 31.5. The fraction of sp³-hybridized carbons (Fsp3) is 0.500. The molecule has 2 aliphatic rings. The molecule has 0 amide bonds. The second-order valence-electron chi connectivity index (χ2n) is 9.31. The van der Waals surface area contributed by atoms with E-state index in [9.17, 15) is 18.5 Å². The molecule has 38 heavy (non-hydrogen) atoms. The van der Waals surface area contributed by atoms with Crippen molar-refractivity contribution >= 4 is 54.6 Å². The number of morpholine rings is 1. The van der Waals surface area contributed by atoms with Crippen molar-refractivity contribution in [2.75, 3.05) is 75.1 Å². The Bertz CT molecular complexity index is 1500. The zero-order valence-corrected chi connectivity index (χ0v) is 22.7. The molecule has 0 radical (unpaired) electrons. The van der Waals surface area contributed by atoms with Gasteiger partial charge in [0, 0.05) is 50.7 Å². The van der Waals surface area contributed by atoms with Crippen LogP contribution in [0.1, 0.15) is 10.4 Å². The summed E-state index contributed by atoms with van der Waals surface area (Å²) >= 11 is 1.48. The number of aryl methyl sites for hydroxylation is 1. The van der Waals surface area contributed by atoms with Gasteiger partial charge in [0.25, 0.3) is 0 Å². The highest BCUT2D eigenvalue weighted by atomic mass is 32.2. The lowest BCUT2D eigenvalue weighted by Crippen LogP contribution is -2.47. The van der Waals surface area contributed by atoms with E-state index in [4.69, 9.17) is 21.2 Å². The maximum absolute atomic E-state index is 12.5. The SMILES string of the molecule is Cc1c(CN2CCN(S(C)(=O)=O)CC2)sc2c(N3CCOCC3)nc(-c3ncc(N)nc3N)c([N+](=O)[O-])c12. The Morgan fingerprint density at radius 2 is 1.79 bits per heavy atom. The molecule has 0 unspecified atom stereocenters. The summed E-state index contributed by atoms with van der Waals surface area (Å²) in [4.78, 5) is 30.3. The highest BCUT2D eigenvalue weighted by Crippen LogP contribution is 2.46. The molecule has 0 atom stereocenters. The first kappa shape index (κ1) is 26.4. The van der Waals surface area contributed by atoms with Gasteiger partial charge in [0.2, 0.25) is 10.0 Å². The first-order chi connectivity index (χ1) is 18.0. The summed E-state index contributed by atoms with van der Waals surface area (Å²) in [6.45, 7) is 6.57. The molecule has 16 heteroatoms. The highest BCUT2D eigenvalue weighted by molar-refractivity contribution is 7.88. The minimum Gasteiger partial charge on any atom is -0.382 e. The van der Waals surface area contributed by atoms with E-state index in [-0.39, 0.29) is 28.7 Å². The molecule has 204 valence electrons. The number of sulfonamides is 1. The molecule has 0 aromatic carbocycles. The minimum absolute atomic E-state index is 0.0373. The van der Waals surface area contributed by atoms with Crippen molar-refractivity contribution in [2.45, 2.75) is 13.5 Å². The standard InChI is InChI=1S/C22H29N9O5S2/c1-13-14(12-28-3-5-30(6-4-28)38(2,34)35)37-20-16(13)19(31(32)33)17(18-21(24)26-15(23)11-25-18)27-22(20)29-7-9-36-10-8-29/h11H,3-10,12H2,1-2H3,(H4,23,24,26). The molecule has 4 N–H and O–H groups in total. The molecule has 3 aromatic heterocycles. The van der Waals surface area contributed by atoms with Crippen LogP contribution in [0.25, 0.3) is 21.5 Å². The number of anilines is 3. The van der Waals surface area contributed by atoms with Crippen molar-refractivity contribution < 1.29 is 18.1 Å². The summed E-state index contributed by atoms with van der Waals surface area (Å²) in [5.41, 5.74) is 12.6. The van der Waals surface area contributed by atoms with Crippen molar-refractivity contribution in [3.8, 4) is 11.4 Å². The lowest BCUT2D eigenvalue weighted by molar-refractivity contribution is -0.382. The quantitative estimate of drug-likeness (QED) is 0.321. The molecule has 0 spiro atoms. The van der Waals surface area contributed by atoms with Gasteiger partial charge < -0.3 is 21.1 Å². The van der Waals surface area contributed by atoms with Crippen molar-refractivity contribution in [2.24, 2.45) is 0 Å². The highest BCUT2D eigenvalue weighted by Gasteiger charge is 2.33. The van der Waals surface area contributed by atoms with Crippen LogP contribution in [0.4, 0.5) is 23.1 Å². The van der Waals surface area contributed by atoms with Gasteiger partial charge in [-0.15, -0.1) is 11.3 Å². The summed E-state index contributed by atoms with van der Waals surface area (Å²) in [6, 6.07) is 0. The van der Waals surface area contributed by atoms with Gasteiger partial charge in [0.1, 0.15) is 17.3 Å². The second kappa shape index (κ2) is 10.2. The Kier molecular flexibility index (Phi) is 7.08. The van der Waals surface area contributed by atoms with Crippen molar-refractivity contribution in [3.63, 3.8) is 0 Å². The summed E-state index contributed by atoms with van der Waals surface area (Å²) in [6.07, 6.45) is 2.52. The maximum Gasteiger partial charge on any atom is 0.306 e. The van der Waals surface area contributed by atoms with E-state index in [0.29, 0.717) is 74.9 Å². The van der Waals surface area contributed by atoms with E-state index in [1.807, 2.05) is 6.92 Å². The maximum atomic E-state index is 12.5. The largest absolute Gasteiger partial charge is 0.382 e. The Labute approximate surface area is 223 Å². The van der Waals surface area contributed by atoms with Crippen LogP contribution in [-0.4, -0.2) is 96.2 Å². The number of ether oxygens (including phenoxy) is 1. The third-order valence-corrected chi connectivity index (χ3v) is 9.41. The van der Waals surface area contributed by atoms with Gasteiger partial charge in [-0.25, -0.2) is 23.4 Å². The first-order valence-electron chi connectivity index (χ1n) is 12.0. The molecule has 0 bridgehead atoms. The van der Waals surface area contributed by atoms with Crippen LogP contribution in [0.3, 0.4) is 0 Å². The smallest absolute Gasteiger partial charge is 0.306 e. The number of aromatic nitrogens is 3. The predicted octanol–water partition coefficient (Wildman–Crippen LogP) is 1.05. The fourth-order valence-corrected chi connectivity index (χ4v) is 7.03. The van der Waals surface area contributed by atoms with Gasteiger partial charge in [-0.2, -0.15) is 4.31 Å². The van der Waals surface area contributed by atoms with E-state index in [1.165, 1.54) is 28.1 Å². The van der Waals surface area contributed by atoms with Crippen LogP contribution in [0.5, 0.6) is 0 Å². The van der Waals surface area contributed by atoms with Crippen molar-refractivity contribution in [1.82, 2.24) is 24.2 Å². The number of hydrogen-bond acceptors (Lipinski definition) is 13. The summed E-state index contributed by atoms with van der Waals surface area (Å²) in [5.74, 6) is 0.682. The summed E-state index contributed by atoms with van der Waals surface area (Å²) in [7, 11) is -3.24. The second-order valence-corrected chi connectivity index (χ2v) is 12.4. The van der Waals surface area contributed by atoms with Crippen LogP contribution < -0.4 is 16.4 Å². The molecule has 3 aromatic rings. The predicted molar refractivity (Wildman–Crippen MR) is 146 cm³/mol. The molecule has 5 heterocycles. The third-order valence-electron chi connectivity index (χ3n) is 6.83. The number of nitrogens with two attached hydrogens (primary N) is 2. The normalized spacial score (nSPS) is 17.8. The zero-order valence-electron chi connectivity index (χ0n) is 21.1. The van der Waals surface area contributed by atoms with Gasteiger partial charge in [0.05, 0.1) is 40.7 Å². The lowest BCUT2D eigenvalue weighted by Gasteiger charge is -2.33. The molecule has 2 aliphatic heterocycles. The van der Waals surface area contributed by atoms with Gasteiger partial charge in [-0.3, -0.25) is 15.0 Å². The molecule has 0 saturated carbocycles. The Hall–Kier alpha value is -3.18. The van der Waals surface area contributed by atoms with Crippen LogP contribution in [0, 0.1) is 17.0 Å². The molecular weight excluding hydrogens is 534 g/mol. The van der Waals surface area contributed by atoms with E-state index < -0.39 is 14.9 Å². The molecule has 2 saturated heterocycles. The van der Waals surface area contributed by atoms with E-state index >= 15 is 0 Å². The van der Waals surface area contributed by atoms with Crippen molar-refractivity contribution in [1.29, 1.82) is 0 Å². The molecule has 0 aliphatic carbocycles. The van der Waals surface area contributed by atoms with E-state index in [1.54, 1.807) is 0 Å². The van der Waals surface area contributed by atoms with E-state index in [2.05, 4.69) is 19.8 Å². The Morgan fingerprint density at radius 3 is 2.39 bits per heavy atom. The monoisotopic (exact) mass is 563 g/mol. The molecular formula is C22H29N9O5S2. The number of nitrogen functional groups attached to an aromatic ring is 2. The molecule has 5 rings (SSSR count). The van der Waals surface area contributed by atoms with Crippen LogP contribution in [0.15, 0.2) is 6.20 Å². The van der Waals surface area contributed by atoms with Gasteiger partial charge in [0.15, 0.2) is 11.5 Å². The van der Waals surface area contributed by atoms with Gasteiger partial charge >= 0.3 is 5.69 Å². The average molecular weight is 564 g/mol. The van der Waals surface area contributed by atoms with Gasteiger partial charge in [-0.05, 0) is 12.5 Å². The molecule has 2 fully saturated rings. The van der Waals surface area contributed by atoms with Gasteiger partial charge in [-0.1, -0.05) is 0 Å². The van der Waals surface area contributed by atoms with Crippen LogP contribution >= 0.6 is 11.3 Å². The number of nitro groups is 1. The first-order valence-corrected chi connectivity index (χ1v) is 14.7. The number of pyridine rings is 1. The topological polar surface area (TPSA) is 187 Å². The zero-order chi connectivity index (χ0) is 27.2. The fourth-order valence-electron chi connectivity index (χ4n) is 4.84. The average Bonchev–Trinajstić information content (AvgIpc) is 3.19. The van der Waals surface area contributed by atoms with E-state index in [0.717, 1.165) is 10.4 Å². The van der Waals surface area contributed by atoms with Crippen LogP contribution in [-0.2, 0) is 21.3 Å². The lowest BCUT2D eigenvalue weighted by atomic mass is 10.1. The molecule has 14 nitrogen and oxygen atoms in total. The third kappa shape index (κ3) is 4.96. The number of rotatable bonds is 6. The van der Waals surface area contributed by atoms with Crippen molar-refractivity contribution in [3.05, 3.63) is 26.8 Å². The number of fused-ring (bicyclic) bond motifs is 1.